The summed E-state index contributed by atoms with van der Waals surface area (Å²) in [5.41, 5.74) is 5.75. The van der Waals surface area contributed by atoms with Gasteiger partial charge in [0.05, 0.1) is 23.8 Å². The molecule has 10 heteroatoms. The van der Waals surface area contributed by atoms with Gasteiger partial charge in [0.2, 0.25) is 5.95 Å². The number of benzene rings is 1. The lowest BCUT2D eigenvalue weighted by Gasteiger charge is -2.36. The molecular formula is C35H42N8OS. The number of aryl methyl sites for hydroxylation is 2. The van der Waals surface area contributed by atoms with Crippen molar-refractivity contribution in [1.82, 2.24) is 25.3 Å². The molecule has 2 saturated heterocycles. The average Bonchev–Trinajstić information content (AvgIpc) is 3.70. The zero-order valence-electron chi connectivity index (χ0n) is 26.9. The first-order chi connectivity index (χ1) is 21.9. The largest absolute Gasteiger partial charge is 0.365 e. The van der Waals surface area contributed by atoms with Crippen LogP contribution in [0.2, 0.25) is 0 Å². The molecule has 2 fully saturated rings. The summed E-state index contributed by atoms with van der Waals surface area (Å²) >= 11 is 1.81. The minimum absolute atomic E-state index is 0.363. The second-order valence-corrected chi connectivity index (χ2v) is 14.0. The van der Waals surface area contributed by atoms with Gasteiger partial charge in [-0.1, -0.05) is 50.2 Å². The van der Waals surface area contributed by atoms with E-state index in [1.54, 1.807) is 0 Å². The summed E-state index contributed by atoms with van der Waals surface area (Å²) in [6.45, 7) is 16.5. The van der Waals surface area contributed by atoms with E-state index in [2.05, 4.69) is 101 Å². The van der Waals surface area contributed by atoms with Crippen molar-refractivity contribution in [2.45, 2.75) is 59.3 Å². The smallest absolute Gasteiger partial charge is 0.225 e. The molecule has 0 amide bonds. The zero-order chi connectivity index (χ0) is 31.1. The first kappa shape index (κ1) is 29.6. The van der Waals surface area contributed by atoms with Crippen molar-refractivity contribution in [2.75, 3.05) is 54.0 Å². The Labute approximate surface area is 269 Å². The lowest BCUT2D eigenvalue weighted by Crippen LogP contribution is -2.46. The van der Waals surface area contributed by atoms with Gasteiger partial charge in [0, 0.05) is 67.1 Å². The maximum absolute atomic E-state index is 5.66. The predicted molar refractivity (Wildman–Crippen MR) is 183 cm³/mol. The predicted octanol–water partition coefficient (Wildman–Crippen LogP) is 7.22. The topological polar surface area (TPSA) is 87.3 Å². The Bertz CT molecular complexity index is 1760. The Morgan fingerprint density at radius 2 is 1.56 bits per heavy atom. The number of fused-ring (bicyclic) bond motifs is 1. The molecule has 0 unspecified atom stereocenters. The molecular weight excluding hydrogens is 581 g/mol. The van der Waals surface area contributed by atoms with Crippen molar-refractivity contribution in [3.63, 3.8) is 0 Å². The third kappa shape index (κ3) is 5.88. The van der Waals surface area contributed by atoms with Gasteiger partial charge in [0.15, 0.2) is 5.82 Å². The monoisotopic (exact) mass is 622 g/mol. The molecule has 0 radical (unpaired) electrons. The van der Waals surface area contributed by atoms with E-state index in [1.807, 2.05) is 23.7 Å². The molecule has 4 aromatic heterocycles. The first-order valence-corrected chi connectivity index (χ1v) is 17.0. The fourth-order valence-electron chi connectivity index (χ4n) is 6.57. The van der Waals surface area contributed by atoms with E-state index >= 15 is 0 Å². The number of hydrogen-bond donors (Lipinski definition) is 0. The molecule has 45 heavy (non-hydrogen) atoms. The molecule has 6 heterocycles. The summed E-state index contributed by atoms with van der Waals surface area (Å²) in [5.74, 6) is 4.15. The number of anilines is 3. The van der Waals surface area contributed by atoms with Gasteiger partial charge in [-0.3, -0.25) is 0 Å². The second-order valence-electron chi connectivity index (χ2n) is 13.0. The Morgan fingerprint density at radius 3 is 2.27 bits per heavy atom. The SMILES string of the molecule is Cc1ccccc1-c1cc2c(C)c(C3CCN(c4ncc(N5CCN(c6cc([C@H](C)C(C)C)on6)CC5)cn4)CC3)sc2nn1. The Hall–Kier alpha value is -4.05. The number of piperazine rings is 1. The highest BCUT2D eigenvalue weighted by Gasteiger charge is 2.27. The highest BCUT2D eigenvalue weighted by atomic mass is 32.1. The van der Waals surface area contributed by atoms with E-state index in [4.69, 9.17) is 14.5 Å². The lowest BCUT2D eigenvalue weighted by atomic mass is 9.92. The highest BCUT2D eigenvalue weighted by Crippen LogP contribution is 2.40. The minimum atomic E-state index is 0.363. The van der Waals surface area contributed by atoms with E-state index in [0.29, 0.717) is 17.8 Å². The summed E-state index contributed by atoms with van der Waals surface area (Å²) < 4.78 is 5.66. The van der Waals surface area contributed by atoms with Crippen molar-refractivity contribution in [1.29, 1.82) is 0 Å². The highest BCUT2D eigenvalue weighted by molar-refractivity contribution is 7.18. The van der Waals surface area contributed by atoms with Crippen LogP contribution in [-0.4, -0.2) is 64.6 Å². The van der Waals surface area contributed by atoms with Gasteiger partial charge in [-0.2, -0.15) is 0 Å². The number of nitrogens with zero attached hydrogens (tertiary/aromatic N) is 8. The molecule has 1 aromatic carbocycles. The molecule has 2 aliphatic heterocycles. The molecule has 5 aromatic rings. The van der Waals surface area contributed by atoms with Gasteiger partial charge in [-0.25, -0.2) is 9.97 Å². The van der Waals surface area contributed by atoms with Crippen LogP contribution in [0.1, 0.15) is 67.2 Å². The van der Waals surface area contributed by atoms with Gasteiger partial charge in [-0.15, -0.1) is 21.5 Å². The summed E-state index contributed by atoms with van der Waals surface area (Å²) in [7, 11) is 0. The number of thiophene rings is 1. The van der Waals surface area contributed by atoms with Gasteiger partial charge in [0.1, 0.15) is 10.6 Å². The van der Waals surface area contributed by atoms with Crippen LogP contribution in [0.5, 0.6) is 0 Å². The van der Waals surface area contributed by atoms with Crippen LogP contribution in [0.25, 0.3) is 21.5 Å². The van der Waals surface area contributed by atoms with Crippen molar-refractivity contribution in [3.8, 4) is 11.3 Å². The maximum Gasteiger partial charge on any atom is 0.225 e. The summed E-state index contributed by atoms with van der Waals surface area (Å²) in [4.78, 5) is 19.1. The number of aromatic nitrogens is 5. The van der Waals surface area contributed by atoms with Crippen LogP contribution in [0.3, 0.4) is 0 Å². The summed E-state index contributed by atoms with van der Waals surface area (Å²) in [6, 6.07) is 12.7. The van der Waals surface area contributed by atoms with E-state index in [1.165, 1.54) is 21.4 Å². The number of piperidine rings is 1. The van der Waals surface area contributed by atoms with Crippen molar-refractivity contribution < 1.29 is 4.52 Å². The van der Waals surface area contributed by atoms with Crippen LogP contribution >= 0.6 is 11.3 Å². The van der Waals surface area contributed by atoms with Crippen LogP contribution < -0.4 is 14.7 Å². The molecule has 2 aliphatic rings. The minimum Gasteiger partial charge on any atom is -0.365 e. The lowest BCUT2D eigenvalue weighted by molar-refractivity contribution is 0.339. The van der Waals surface area contributed by atoms with E-state index in [-0.39, 0.29) is 0 Å². The van der Waals surface area contributed by atoms with Crippen molar-refractivity contribution >= 4 is 39.0 Å². The molecule has 0 bridgehead atoms. The Balaban J connectivity index is 0.954. The van der Waals surface area contributed by atoms with Crippen LogP contribution in [-0.2, 0) is 0 Å². The fourth-order valence-corrected chi connectivity index (χ4v) is 7.84. The molecule has 0 spiro atoms. The third-order valence-corrected chi connectivity index (χ3v) is 11.2. The molecule has 1 atom stereocenters. The van der Waals surface area contributed by atoms with E-state index in [9.17, 15) is 0 Å². The fraction of sp³-hybridized carbons (Fsp3) is 0.457. The van der Waals surface area contributed by atoms with Gasteiger partial charge < -0.3 is 19.2 Å². The quantitative estimate of drug-likeness (QED) is 0.187. The molecule has 0 saturated carbocycles. The molecule has 0 aliphatic carbocycles. The second kappa shape index (κ2) is 12.4. The van der Waals surface area contributed by atoms with Crippen LogP contribution in [0.15, 0.2) is 53.3 Å². The first-order valence-electron chi connectivity index (χ1n) is 16.2. The zero-order valence-corrected chi connectivity index (χ0v) is 27.7. The molecule has 9 nitrogen and oxygen atoms in total. The van der Waals surface area contributed by atoms with Crippen molar-refractivity contribution in [3.05, 3.63) is 70.6 Å². The molecule has 0 N–H and O–H groups in total. The summed E-state index contributed by atoms with van der Waals surface area (Å²) in [5, 5.41) is 14.8. The standard InChI is InChI=1S/C35H42N8OS/c1-22(2)24(4)31-19-32(40-44-31)42-16-14-41(15-17-42)27-20-36-35(37-21-27)43-12-10-26(11-13-43)33-25(5)29-18-30(38-39-34(29)45-33)28-9-7-6-8-23(28)3/h6-9,18-22,24,26H,10-17H2,1-5H3/t24-/m1/s1. The van der Waals surface area contributed by atoms with Crippen LogP contribution in [0.4, 0.5) is 17.5 Å². The summed E-state index contributed by atoms with van der Waals surface area (Å²) in [6.07, 6.45) is 6.14. The number of hydrogen-bond acceptors (Lipinski definition) is 10. The van der Waals surface area contributed by atoms with E-state index in [0.717, 1.165) is 91.4 Å². The van der Waals surface area contributed by atoms with E-state index < -0.39 is 0 Å². The van der Waals surface area contributed by atoms with Crippen LogP contribution in [0, 0.1) is 19.8 Å². The average molecular weight is 623 g/mol. The normalized spacial score (nSPS) is 17.1. The Kier molecular flexibility index (Phi) is 8.16. The number of rotatable bonds is 7. The van der Waals surface area contributed by atoms with Gasteiger partial charge in [0.25, 0.3) is 0 Å². The molecule has 234 valence electrons. The van der Waals surface area contributed by atoms with Gasteiger partial charge in [-0.05, 0) is 55.7 Å². The van der Waals surface area contributed by atoms with Gasteiger partial charge >= 0.3 is 0 Å². The third-order valence-electron chi connectivity index (χ3n) is 9.87. The maximum atomic E-state index is 5.66. The Morgan fingerprint density at radius 1 is 0.844 bits per heavy atom. The molecule has 7 rings (SSSR count). The van der Waals surface area contributed by atoms with Crippen molar-refractivity contribution in [2.24, 2.45) is 5.92 Å².